The summed E-state index contributed by atoms with van der Waals surface area (Å²) in [4.78, 5) is 19.0. The number of halogens is 5. The number of ether oxygens (including phenoxy) is 1. The maximum Gasteiger partial charge on any atom is 0.416 e. The van der Waals surface area contributed by atoms with Crippen molar-refractivity contribution in [2.45, 2.75) is 6.18 Å². The van der Waals surface area contributed by atoms with E-state index in [0.29, 0.717) is 29.2 Å². The normalized spacial score (nSPS) is 11.3. The van der Waals surface area contributed by atoms with E-state index in [0.717, 1.165) is 0 Å². The largest absolute Gasteiger partial charge is 0.456 e. The van der Waals surface area contributed by atoms with Crippen LogP contribution in [0.15, 0.2) is 60.9 Å². The minimum atomic E-state index is -4.81. The fourth-order valence-corrected chi connectivity index (χ4v) is 2.98. The van der Waals surface area contributed by atoms with Gasteiger partial charge in [-0.3, -0.25) is 15.1 Å². The first-order valence-corrected chi connectivity index (χ1v) is 9.57. The number of alkyl halides is 3. The van der Waals surface area contributed by atoms with Crippen LogP contribution in [-0.2, 0) is 6.18 Å². The molecule has 0 radical (unpaired) electrons. The molecule has 0 fully saturated rings. The van der Waals surface area contributed by atoms with Gasteiger partial charge in [-0.05, 0) is 48.5 Å². The Labute approximate surface area is 188 Å². The van der Waals surface area contributed by atoms with E-state index in [4.69, 9.17) is 16.3 Å². The first-order valence-electron chi connectivity index (χ1n) is 9.19. The van der Waals surface area contributed by atoms with E-state index in [1.807, 2.05) is 0 Å². The van der Waals surface area contributed by atoms with E-state index in [9.17, 15) is 22.4 Å². The lowest BCUT2D eigenvalue weighted by Crippen LogP contribution is -2.17. The SMILES string of the molecule is O=C(Nc1nnc(-c2ccc(Oc3cccnc3)cc2)[nH]1)c1cc(C(F)(F)F)cc(Cl)c1F. The molecule has 4 rings (SSSR count). The van der Waals surface area contributed by atoms with Crippen LogP contribution in [0.3, 0.4) is 0 Å². The maximum atomic E-state index is 14.2. The van der Waals surface area contributed by atoms with Gasteiger partial charge < -0.3 is 9.72 Å². The van der Waals surface area contributed by atoms with E-state index in [1.54, 1.807) is 48.8 Å². The van der Waals surface area contributed by atoms with Crippen LogP contribution < -0.4 is 10.1 Å². The molecule has 7 nitrogen and oxygen atoms in total. The third-order valence-corrected chi connectivity index (χ3v) is 4.59. The highest BCUT2D eigenvalue weighted by atomic mass is 35.5. The summed E-state index contributed by atoms with van der Waals surface area (Å²) in [6.45, 7) is 0. The molecule has 12 heteroatoms. The van der Waals surface area contributed by atoms with Crippen molar-refractivity contribution in [1.29, 1.82) is 0 Å². The van der Waals surface area contributed by atoms with Crippen molar-refractivity contribution < 1.29 is 27.1 Å². The van der Waals surface area contributed by atoms with Crippen molar-refractivity contribution >= 4 is 23.5 Å². The Bertz CT molecular complexity index is 1290. The standard InChI is InChI=1S/C21H12ClF4N5O2/c22-16-9-12(21(24,25)26)8-15(17(16)23)19(32)29-20-28-18(30-31-20)11-3-5-13(6-4-11)33-14-2-1-7-27-10-14/h1-10H,(H2,28,29,30,31,32). The van der Waals surface area contributed by atoms with Gasteiger partial charge in [0.25, 0.3) is 5.91 Å². The monoisotopic (exact) mass is 477 g/mol. The van der Waals surface area contributed by atoms with Gasteiger partial charge in [0.05, 0.1) is 22.3 Å². The zero-order valence-electron chi connectivity index (χ0n) is 16.3. The van der Waals surface area contributed by atoms with E-state index < -0.39 is 34.1 Å². The molecule has 0 aliphatic rings. The first kappa shape index (κ1) is 22.2. The minimum absolute atomic E-state index is 0.196. The van der Waals surface area contributed by atoms with Crippen LogP contribution in [0.4, 0.5) is 23.5 Å². The number of aromatic nitrogens is 4. The van der Waals surface area contributed by atoms with Crippen LogP contribution in [0.2, 0.25) is 5.02 Å². The maximum absolute atomic E-state index is 14.2. The molecule has 0 saturated heterocycles. The number of anilines is 1. The molecule has 2 N–H and O–H groups in total. The molecule has 2 aromatic heterocycles. The van der Waals surface area contributed by atoms with Gasteiger partial charge in [0.15, 0.2) is 11.6 Å². The first-order chi connectivity index (χ1) is 15.7. The second-order valence-electron chi connectivity index (χ2n) is 6.61. The lowest BCUT2D eigenvalue weighted by Gasteiger charge is -2.10. The molecule has 168 valence electrons. The van der Waals surface area contributed by atoms with Crippen molar-refractivity contribution in [2.75, 3.05) is 5.32 Å². The van der Waals surface area contributed by atoms with Gasteiger partial charge in [0.1, 0.15) is 11.5 Å². The molecule has 0 atom stereocenters. The van der Waals surface area contributed by atoms with Crippen molar-refractivity contribution in [2.24, 2.45) is 0 Å². The number of benzene rings is 2. The van der Waals surface area contributed by atoms with Gasteiger partial charge in [-0.1, -0.05) is 11.6 Å². The number of H-pyrrole nitrogens is 1. The smallest absolute Gasteiger partial charge is 0.416 e. The summed E-state index contributed by atoms with van der Waals surface area (Å²) in [5.41, 5.74) is -1.56. The number of nitrogens with zero attached hydrogens (tertiary/aromatic N) is 3. The summed E-state index contributed by atoms with van der Waals surface area (Å²) in [5.74, 6) is -1.32. The van der Waals surface area contributed by atoms with Gasteiger partial charge >= 0.3 is 6.18 Å². The average Bonchev–Trinajstić information content (AvgIpc) is 3.24. The molecule has 0 spiro atoms. The van der Waals surface area contributed by atoms with E-state index >= 15 is 0 Å². The van der Waals surface area contributed by atoms with Crippen molar-refractivity contribution in [3.63, 3.8) is 0 Å². The highest BCUT2D eigenvalue weighted by molar-refractivity contribution is 6.31. The summed E-state index contributed by atoms with van der Waals surface area (Å²) < 4.78 is 58.7. The Balaban J connectivity index is 1.49. The molecular formula is C21H12ClF4N5O2. The molecule has 4 aromatic rings. The highest BCUT2D eigenvalue weighted by Crippen LogP contribution is 2.33. The third-order valence-electron chi connectivity index (χ3n) is 4.32. The molecule has 0 unspecified atom stereocenters. The van der Waals surface area contributed by atoms with Crippen LogP contribution in [0, 0.1) is 5.82 Å². The summed E-state index contributed by atoms with van der Waals surface area (Å²) in [6.07, 6.45) is -1.63. The molecule has 2 heterocycles. The number of carbonyl (C=O) groups is 1. The van der Waals surface area contributed by atoms with E-state index in [1.165, 1.54) is 0 Å². The average molecular weight is 478 g/mol. The van der Waals surface area contributed by atoms with Gasteiger partial charge in [-0.25, -0.2) is 4.39 Å². The molecule has 0 aliphatic carbocycles. The summed E-state index contributed by atoms with van der Waals surface area (Å²) in [6, 6.07) is 10.9. The lowest BCUT2D eigenvalue weighted by molar-refractivity contribution is -0.137. The Morgan fingerprint density at radius 2 is 1.82 bits per heavy atom. The number of pyridine rings is 1. The van der Waals surface area contributed by atoms with E-state index in [-0.39, 0.29) is 11.8 Å². The molecule has 0 bridgehead atoms. The zero-order valence-corrected chi connectivity index (χ0v) is 17.1. The number of carbonyl (C=O) groups excluding carboxylic acids is 1. The van der Waals surface area contributed by atoms with Gasteiger partial charge in [-0.15, -0.1) is 10.2 Å². The molecule has 1 amide bonds. The number of hydrogen-bond acceptors (Lipinski definition) is 5. The predicted octanol–water partition coefficient (Wildman–Crippen LogP) is 5.72. The quantitative estimate of drug-likeness (QED) is 0.358. The van der Waals surface area contributed by atoms with Crippen LogP contribution >= 0.6 is 11.6 Å². The predicted molar refractivity (Wildman–Crippen MR) is 110 cm³/mol. The molecule has 0 aliphatic heterocycles. The van der Waals surface area contributed by atoms with Crippen LogP contribution in [0.25, 0.3) is 11.4 Å². The number of nitrogens with one attached hydrogen (secondary N) is 2. The van der Waals surface area contributed by atoms with Crippen molar-refractivity contribution in [1.82, 2.24) is 20.2 Å². The summed E-state index contributed by atoms with van der Waals surface area (Å²) in [7, 11) is 0. The molecule has 2 aromatic carbocycles. The number of aromatic amines is 1. The van der Waals surface area contributed by atoms with Gasteiger partial charge in [-0.2, -0.15) is 13.2 Å². The van der Waals surface area contributed by atoms with Crippen molar-refractivity contribution in [3.05, 3.63) is 82.9 Å². The zero-order chi connectivity index (χ0) is 23.6. The van der Waals surface area contributed by atoms with Crippen LogP contribution in [0.1, 0.15) is 15.9 Å². The Hall–Kier alpha value is -3.99. The molecule has 0 saturated carbocycles. The Morgan fingerprint density at radius 3 is 2.48 bits per heavy atom. The van der Waals surface area contributed by atoms with Crippen LogP contribution in [0.5, 0.6) is 11.5 Å². The number of rotatable bonds is 5. The fourth-order valence-electron chi connectivity index (χ4n) is 2.77. The van der Waals surface area contributed by atoms with Gasteiger partial charge in [0.2, 0.25) is 5.95 Å². The summed E-state index contributed by atoms with van der Waals surface area (Å²) >= 11 is 5.52. The molecule has 33 heavy (non-hydrogen) atoms. The summed E-state index contributed by atoms with van der Waals surface area (Å²) in [5, 5.41) is 8.93. The number of hydrogen-bond donors (Lipinski definition) is 2. The second kappa shape index (κ2) is 8.87. The Kier molecular flexibility index (Phi) is 5.97. The number of amides is 1. The van der Waals surface area contributed by atoms with Crippen molar-refractivity contribution in [3.8, 4) is 22.9 Å². The highest BCUT2D eigenvalue weighted by Gasteiger charge is 2.33. The Morgan fingerprint density at radius 1 is 1.06 bits per heavy atom. The minimum Gasteiger partial charge on any atom is -0.456 e. The van der Waals surface area contributed by atoms with Gasteiger partial charge in [0, 0.05) is 11.8 Å². The third kappa shape index (κ3) is 5.09. The molecular weight excluding hydrogens is 466 g/mol. The topological polar surface area (TPSA) is 92.8 Å². The van der Waals surface area contributed by atoms with E-state index in [2.05, 4.69) is 25.5 Å². The lowest BCUT2D eigenvalue weighted by atomic mass is 10.1. The second-order valence-corrected chi connectivity index (χ2v) is 7.02. The van der Waals surface area contributed by atoms with Crippen LogP contribution in [-0.4, -0.2) is 26.1 Å². The fraction of sp³-hybridized carbons (Fsp3) is 0.0476.